The summed E-state index contributed by atoms with van der Waals surface area (Å²) in [5.41, 5.74) is 3.25. The molecule has 114 valence electrons. The molecule has 0 saturated heterocycles. The van der Waals surface area contributed by atoms with Crippen molar-refractivity contribution in [3.63, 3.8) is 0 Å². The zero-order valence-electron chi connectivity index (χ0n) is 12.6. The second-order valence-electron chi connectivity index (χ2n) is 5.35. The minimum Gasteiger partial charge on any atom is -0.356 e. The van der Waals surface area contributed by atoms with Crippen molar-refractivity contribution in [2.75, 3.05) is 6.54 Å². The third-order valence-corrected chi connectivity index (χ3v) is 4.52. The number of carbonyl (C=O) groups excluding carboxylic acids is 1. The lowest BCUT2D eigenvalue weighted by atomic mass is 10.1. The average Bonchev–Trinajstić information content (AvgIpc) is 3.12. The first-order valence-electron chi connectivity index (χ1n) is 7.45. The second-order valence-corrected chi connectivity index (χ2v) is 6.39. The monoisotopic (exact) mass is 313 g/mol. The lowest BCUT2D eigenvalue weighted by Crippen LogP contribution is -2.25. The molecule has 0 spiro atoms. The smallest absolute Gasteiger partial charge is 0.220 e. The summed E-state index contributed by atoms with van der Waals surface area (Å²) in [5.74, 6) is 1.04. The van der Waals surface area contributed by atoms with E-state index < -0.39 is 0 Å². The molecule has 0 fully saturated rings. The number of nitrogens with zero attached hydrogens (tertiary/aromatic N) is 1. The fourth-order valence-corrected chi connectivity index (χ4v) is 3.18. The average molecular weight is 313 g/mol. The molecule has 1 aromatic carbocycles. The number of fused-ring (bicyclic) bond motifs is 1. The van der Waals surface area contributed by atoms with Crippen molar-refractivity contribution in [2.24, 2.45) is 0 Å². The topological polar surface area (TPSA) is 57.8 Å². The van der Waals surface area contributed by atoms with E-state index in [1.807, 2.05) is 24.4 Å². The molecule has 0 aliphatic heterocycles. The molecule has 0 saturated carbocycles. The van der Waals surface area contributed by atoms with Crippen LogP contribution in [0.5, 0.6) is 0 Å². The van der Waals surface area contributed by atoms with E-state index in [0.717, 1.165) is 29.7 Å². The maximum Gasteiger partial charge on any atom is 0.220 e. The van der Waals surface area contributed by atoms with Gasteiger partial charge < -0.3 is 10.3 Å². The van der Waals surface area contributed by atoms with Gasteiger partial charge in [-0.05, 0) is 48.9 Å². The van der Waals surface area contributed by atoms with Crippen LogP contribution in [0, 0.1) is 6.92 Å². The molecular weight excluding hydrogens is 294 g/mol. The Balaban J connectivity index is 1.46. The summed E-state index contributed by atoms with van der Waals surface area (Å²) in [6.45, 7) is 2.62. The van der Waals surface area contributed by atoms with Crippen LogP contribution in [0.15, 0.2) is 35.7 Å². The summed E-state index contributed by atoms with van der Waals surface area (Å²) in [7, 11) is 0. The molecular formula is C17H19N3OS. The Bertz CT molecular complexity index is 761. The van der Waals surface area contributed by atoms with Crippen molar-refractivity contribution in [3.8, 4) is 0 Å². The quantitative estimate of drug-likeness (QED) is 0.734. The minimum atomic E-state index is 0.117. The summed E-state index contributed by atoms with van der Waals surface area (Å²) < 4.78 is 0. The molecule has 0 aliphatic rings. The van der Waals surface area contributed by atoms with Gasteiger partial charge in [-0.25, -0.2) is 4.98 Å². The van der Waals surface area contributed by atoms with Crippen LogP contribution < -0.4 is 5.32 Å². The largest absolute Gasteiger partial charge is 0.356 e. The number of aromatic amines is 1. The van der Waals surface area contributed by atoms with Crippen molar-refractivity contribution in [2.45, 2.75) is 26.2 Å². The first kappa shape index (κ1) is 14.8. The van der Waals surface area contributed by atoms with Gasteiger partial charge >= 0.3 is 0 Å². The number of benzene rings is 1. The van der Waals surface area contributed by atoms with Gasteiger partial charge in [-0.1, -0.05) is 12.1 Å². The Morgan fingerprint density at radius 1 is 1.32 bits per heavy atom. The number of nitrogens with one attached hydrogen (secondary N) is 2. The van der Waals surface area contributed by atoms with Crippen LogP contribution in [0.25, 0.3) is 11.0 Å². The van der Waals surface area contributed by atoms with E-state index in [-0.39, 0.29) is 5.91 Å². The predicted octanol–water partition coefficient (Wildman–Crippen LogP) is 3.22. The van der Waals surface area contributed by atoms with Crippen LogP contribution in [-0.4, -0.2) is 22.4 Å². The van der Waals surface area contributed by atoms with Crippen LogP contribution >= 0.6 is 11.3 Å². The molecule has 0 radical (unpaired) electrons. The Morgan fingerprint density at radius 3 is 3.05 bits per heavy atom. The Labute approximate surface area is 133 Å². The number of amides is 1. The molecule has 5 heteroatoms. The third kappa shape index (κ3) is 3.74. The fourth-order valence-electron chi connectivity index (χ4n) is 2.47. The van der Waals surface area contributed by atoms with Gasteiger partial charge in [0.25, 0.3) is 0 Å². The maximum atomic E-state index is 11.8. The first-order valence-corrected chi connectivity index (χ1v) is 8.33. The Kier molecular flexibility index (Phi) is 4.53. The van der Waals surface area contributed by atoms with Gasteiger partial charge in [0.2, 0.25) is 5.91 Å². The predicted molar refractivity (Wildman–Crippen MR) is 90.2 cm³/mol. The fraction of sp³-hybridized carbons (Fsp3) is 0.294. The summed E-state index contributed by atoms with van der Waals surface area (Å²) in [6, 6.07) is 10.3. The minimum absolute atomic E-state index is 0.117. The second kappa shape index (κ2) is 6.75. The summed E-state index contributed by atoms with van der Waals surface area (Å²) in [4.78, 5) is 20.7. The van der Waals surface area contributed by atoms with Gasteiger partial charge in [0.1, 0.15) is 5.82 Å². The summed E-state index contributed by atoms with van der Waals surface area (Å²) in [6.07, 6.45) is 2.21. The number of imidazole rings is 1. The van der Waals surface area contributed by atoms with Crippen molar-refractivity contribution >= 4 is 28.3 Å². The standard InChI is InChI=1S/C17H19N3OS/c1-12-19-15-6-4-13(11-16(15)20-12)8-9-18-17(21)7-5-14-3-2-10-22-14/h2-4,6,10-11H,5,7-9H2,1H3,(H,18,21)(H,19,20). The highest BCUT2D eigenvalue weighted by Gasteiger charge is 2.04. The molecule has 2 aromatic heterocycles. The van der Waals surface area contributed by atoms with Gasteiger partial charge in [-0.2, -0.15) is 0 Å². The molecule has 3 aromatic rings. The maximum absolute atomic E-state index is 11.8. The van der Waals surface area contributed by atoms with Gasteiger partial charge in [0.05, 0.1) is 11.0 Å². The third-order valence-electron chi connectivity index (χ3n) is 3.58. The van der Waals surface area contributed by atoms with Crippen LogP contribution in [-0.2, 0) is 17.6 Å². The van der Waals surface area contributed by atoms with Crippen LogP contribution in [0.3, 0.4) is 0 Å². The van der Waals surface area contributed by atoms with Gasteiger partial charge in [-0.15, -0.1) is 11.3 Å². The zero-order valence-corrected chi connectivity index (χ0v) is 13.4. The number of H-pyrrole nitrogens is 1. The number of aryl methyl sites for hydroxylation is 2. The molecule has 22 heavy (non-hydrogen) atoms. The van der Waals surface area contributed by atoms with Crippen LogP contribution in [0.1, 0.15) is 22.7 Å². The number of aromatic nitrogens is 2. The van der Waals surface area contributed by atoms with E-state index >= 15 is 0 Å². The highest BCUT2D eigenvalue weighted by Crippen LogP contribution is 2.14. The Morgan fingerprint density at radius 2 is 2.23 bits per heavy atom. The molecule has 1 amide bonds. The highest BCUT2D eigenvalue weighted by molar-refractivity contribution is 7.09. The van der Waals surface area contributed by atoms with E-state index in [9.17, 15) is 4.79 Å². The molecule has 0 aliphatic carbocycles. The molecule has 0 atom stereocenters. The molecule has 4 nitrogen and oxygen atoms in total. The van der Waals surface area contributed by atoms with Gasteiger partial charge in [-0.3, -0.25) is 4.79 Å². The number of carbonyl (C=O) groups is 1. The number of thiophene rings is 1. The number of hydrogen-bond donors (Lipinski definition) is 2. The van der Waals surface area contributed by atoms with E-state index in [2.05, 4.69) is 33.5 Å². The van der Waals surface area contributed by atoms with Gasteiger partial charge in [0.15, 0.2) is 0 Å². The van der Waals surface area contributed by atoms with E-state index in [4.69, 9.17) is 0 Å². The van der Waals surface area contributed by atoms with Crippen LogP contribution in [0.2, 0.25) is 0 Å². The Hall–Kier alpha value is -2.14. The van der Waals surface area contributed by atoms with Crippen molar-refractivity contribution in [3.05, 3.63) is 52.0 Å². The lowest BCUT2D eigenvalue weighted by Gasteiger charge is -2.05. The highest BCUT2D eigenvalue weighted by atomic mass is 32.1. The van der Waals surface area contributed by atoms with Gasteiger partial charge in [0, 0.05) is 17.8 Å². The molecule has 0 bridgehead atoms. The van der Waals surface area contributed by atoms with Crippen molar-refractivity contribution in [1.82, 2.24) is 15.3 Å². The summed E-state index contributed by atoms with van der Waals surface area (Å²) >= 11 is 1.70. The lowest BCUT2D eigenvalue weighted by molar-refractivity contribution is -0.121. The van der Waals surface area contributed by atoms with Crippen LogP contribution in [0.4, 0.5) is 0 Å². The first-order chi connectivity index (χ1) is 10.7. The van der Waals surface area contributed by atoms with Crippen molar-refractivity contribution in [1.29, 1.82) is 0 Å². The zero-order chi connectivity index (χ0) is 15.4. The molecule has 3 rings (SSSR count). The van der Waals surface area contributed by atoms with E-state index in [1.54, 1.807) is 11.3 Å². The molecule has 2 heterocycles. The van der Waals surface area contributed by atoms with Crippen molar-refractivity contribution < 1.29 is 4.79 Å². The SMILES string of the molecule is Cc1nc2ccc(CCNC(=O)CCc3cccs3)cc2[nH]1. The van der Waals surface area contributed by atoms with E-state index in [0.29, 0.717) is 13.0 Å². The number of rotatable bonds is 6. The molecule has 2 N–H and O–H groups in total. The summed E-state index contributed by atoms with van der Waals surface area (Å²) in [5, 5.41) is 5.03. The molecule has 0 unspecified atom stereocenters. The number of hydrogen-bond acceptors (Lipinski definition) is 3. The normalized spacial score (nSPS) is 11.0. The van der Waals surface area contributed by atoms with E-state index in [1.165, 1.54) is 10.4 Å².